The van der Waals surface area contributed by atoms with Crippen molar-refractivity contribution in [2.45, 2.75) is 162 Å². The van der Waals surface area contributed by atoms with Gasteiger partial charge in [0.15, 0.2) is 0 Å². The van der Waals surface area contributed by atoms with Crippen molar-refractivity contribution in [2.75, 3.05) is 78.8 Å². The molecule has 1 atom stereocenters. The predicted molar refractivity (Wildman–Crippen MR) is 468 cm³/mol. The Bertz CT molecular complexity index is 3820. The van der Waals surface area contributed by atoms with Crippen LogP contribution in [0.4, 0.5) is 0 Å². The van der Waals surface area contributed by atoms with E-state index in [1.54, 1.807) is 42.7 Å². The van der Waals surface area contributed by atoms with Crippen LogP contribution in [0.3, 0.4) is 0 Å². The number of hydrogen-bond donors (Lipinski definition) is 16. The fourth-order valence-electron chi connectivity index (χ4n) is 6.70. The lowest BCUT2D eigenvalue weighted by atomic mass is 10.1. The van der Waals surface area contributed by atoms with Crippen LogP contribution in [0.2, 0.25) is 0 Å². The van der Waals surface area contributed by atoms with Gasteiger partial charge in [0.25, 0.3) is 35.4 Å². The molecule has 3 aliphatic heterocycles. The molecule has 3 aromatic carbocycles. The van der Waals surface area contributed by atoms with Crippen LogP contribution in [-0.4, -0.2) is 236 Å². The van der Waals surface area contributed by atoms with Crippen LogP contribution in [0.5, 0.6) is 0 Å². The SMILES string of the molecule is CC(=O)NCC(=O)ON1C(=O)CC(S(=O)(=O)[O-])C1=O.CC(=O)NCC(=O)ON1C(=O)CCC1=O.CC(=O)NCN.CC(=O)NCN1C(=O)C=CC1=O.CC(=O)NCS.CC(=O)NCc1ccc(C)cc1.CC(=O)NCc1ccc(C)cc1.CC(=O)NCc1ccc(C)cc1.CCNC(C)=O.CNC(C)=O.CNC(C)=O.CNCNC(C)=O.CSSCNC(C)=O. The highest BCUT2D eigenvalue weighted by molar-refractivity contribution is 8.76. The number of thiol groups is 1. The standard InChI is InChI=1S/3C10H13NO.C8H10N2O8S.C8H10N2O5.C7H8N2O3.C4H10N2O.C4H9NOS2.C4H9NO.C3H8N2O.C3H7NOS.2C3H7NO/c3*1-8-3-5-10(6-4-8)7-11-9(2)12;1-4(11)9-3-7(13)18-10-6(12)2-5(8(10)14)19(15,16)17;1-5(11)9-4-8(14)15-10-6(12)2-3-7(10)13;1-5(10)8-4-9-6(11)2-3-7(9)12;1-4(7)6-3-5-2;1-4(6)5-3-8-7-2;1-3-5-4(2)6;1-3(6)5-2-4;1-3(5)4-2-6;2*1-3(5)4-2/h3*3-6H,7H2,1-2H3,(H,11,12);5H,2-3H2,1H3,(H,9,11)(H,15,16,17);2-4H2,1H3,(H,9,11);2-3H,4H2,1H3,(H,8,10);5H,3H2,1-2H3,(H,6,7);3H2,1-2H3,(H,5,6);3H2,1-2H3,(H,5,6);2,4H2,1H3,(H,5,6);6H,2H2,1H3,(H,4,5);2*1-2H3,(H,4,5)/p-1. The second kappa shape index (κ2) is 77.8. The quantitative estimate of drug-likeness (QED) is 0.0135. The average Bonchev–Trinajstić information content (AvgIpc) is 1.65. The molecule has 3 heterocycles. The van der Waals surface area contributed by atoms with Gasteiger partial charge < -0.3 is 94.4 Å². The fourth-order valence-corrected chi connectivity index (χ4v) is 8.53. The number of carbonyl (C=O) groups is 21. The Morgan fingerprint density at radius 3 is 0.976 bits per heavy atom. The lowest BCUT2D eigenvalue weighted by molar-refractivity contribution is -0.196. The monoisotopic (exact) mass is 1840 g/mol. The highest BCUT2D eigenvalue weighted by Gasteiger charge is 2.45. The minimum atomic E-state index is -5.00. The molecule has 6 rings (SSSR count). The third kappa shape index (κ3) is 85.1. The second-order valence-corrected chi connectivity index (χ2v) is 28.9. The molecule has 44 nitrogen and oxygen atoms in total. The van der Waals surface area contributed by atoms with Crippen molar-refractivity contribution in [1.29, 1.82) is 0 Å². The molecule has 19 amide bonds. The summed E-state index contributed by atoms with van der Waals surface area (Å²) in [6.45, 7) is 28.9. The largest absolute Gasteiger partial charge is 0.747 e. The van der Waals surface area contributed by atoms with Crippen molar-refractivity contribution in [1.82, 2.24) is 89.5 Å². The van der Waals surface area contributed by atoms with E-state index in [2.05, 4.69) is 91.4 Å². The average molecular weight is 1850 g/mol. The molecule has 702 valence electrons. The summed E-state index contributed by atoms with van der Waals surface area (Å²) in [4.78, 5) is 231. The van der Waals surface area contributed by atoms with Crippen molar-refractivity contribution in [3.63, 3.8) is 0 Å². The minimum Gasteiger partial charge on any atom is -0.747 e. The Labute approximate surface area is 742 Å². The van der Waals surface area contributed by atoms with Crippen LogP contribution >= 0.6 is 34.2 Å². The summed E-state index contributed by atoms with van der Waals surface area (Å²) in [5.41, 5.74) is 12.0. The molecule has 0 radical (unpaired) electrons. The number of imide groups is 3. The van der Waals surface area contributed by atoms with E-state index >= 15 is 0 Å². The zero-order valence-corrected chi connectivity index (χ0v) is 77.6. The number of hydrogen-bond acceptors (Lipinski definition) is 31. The van der Waals surface area contributed by atoms with Crippen molar-refractivity contribution >= 4 is 169 Å². The number of amides is 19. The van der Waals surface area contributed by atoms with Crippen LogP contribution in [-0.2, 0) is 140 Å². The zero-order chi connectivity index (χ0) is 97.9. The van der Waals surface area contributed by atoms with Gasteiger partial charge in [0.05, 0.1) is 31.5 Å². The smallest absolute Gasteiger partial charge is 0.352 e. The van der Waals surface area contributed by atoms with E-state index in [9.17, 15) is 114 Å². The molecular weight excluding hydrogens is 1720 g/mol. The van der Waals surface area contributed by atoms with E-state index < -0.39 is 87.5 Å². The van der Waals surface area contributed by atoms with Gasteiger partial charge in [-0.25, -0.2) is 18.0 Å². The highest BCUT2D eigenvalue weighted by atomic mass is 33.1. The van der Waals surface area contributed by atoms with Crippen LogP contribution in [0, 0.1) is 20.8 Å². The summed E-state index contributed by atoms with van der Waals surface area (Å²) >= 11 is 3.73. The molecule has 0 spiro atoms. The first-order valence-electron chi connectivity index (χ1n) is 37.1. The number of carbonyl (C=O) groups excluding carboxylic acids is 21. The van der Waals surface area contributed by atoms with Crippen molar-refractivity contribution in [3.05, 3.63) is 118 Å². The zero-order valence-electron chi connectivity index (χ0n) is 74.3. The van der Waals surface area contributed by atoms with Gasteiger partial charge in [0.2, 0.25) is 76.8 Å². The third-order valence-electron chi connectivity index (χ3n) is 13.0. The van der Waals surface area contributed by atoms with Gasteiger partial charge in [-0.3, -0.25) is 96.0 Å². The summed E-state index contributed by atoms with van der Waals surface area (Å²) in [6.07, 6.45) is 3.54. The van der Waals surface area contributed by atoms with Crippen LogP contribution in [0.15, 0.2) is 84.9 Å². The van der Waals surface area contributed by atoms with E-state index in [1.807, 2.05) is 112 Å². The van der Waals surface area contributed by atoms with E-state index in [4.69, 9.17) is 5.73 Å². The number of nitrogens with one attached hydrogen (secondary N) is 14. The van der Waals surface area contributed by atoms with Crippen molar-refractivity contribution < 1.29 is 123 Å². The molecule has 1 unspecified atom stereocenters. The van der Waals surface area contributed by atoms with Gasteiger partial charge in [-0.15, -0.1) is 10.1 Å². The van der Waals surface area contributed by atoms with Crippen molar-refractivity contribution in [2.24, 2.45) is 5.73 Å². The van der Waals surface area contributed by atoms with E-state index in [0.29, 0.717) is 43.1 Å². The van der Waals surface area contributed by atoms with Crippen LogP contribution < -0.4 is 80.2 Å². The Hall–Kier alpha value is -12.3. The molecule has 3 aliphatic rings. The maximum absolute atomic E-state index is 11.4. The van der Waals surface area contributed by atoms with Gasteiger partial charge in [0.1, 0.15) is 35.1 Å². The van der Waals surface area contributed by atoms with Gasteiger partial charge in [-0.1, -0.05) is 111 Å². The Morgan fingerprint density at radius 1 is 0.448 bits per heavy atom. The van der Waals surface area contributed by atoms with E-state index in [-0.39, 0.29) is 103 Å². The molecule has 0 bridgehead atoms. The normalized spacial score (nSPS) is 11.7. The van der Waals surface area contributed by atoms with E-state index in [0.717, 1.165) is 35.1 Å². The molecule has 0 aromatic heterocycles. The number of hydroxylamine groups is 4. The number of rotatable bonds is 23. The lowest BCUT2D eigenvalue weighted by Gasteiger charge is -2.15. The summed E-state index contributed by atoms with van der Waals surface area (Å²) in [6, 6.07) is 24.3. The summed E-state index contributed by atoms with van der Waals surface area (Å²) in [5.74, 6) is -6.53. The molecule has 125 heavy (non-hydrogen) atoms. The maximum atomic E-state index is 11.4. The molecule has 2 saturated heterocycles. The highest BCUT2D eigenvalue weighted by Crippen LogP contribution is 2.20. The van der Waals surface area contributed by atoms with Gasteiger partial charge >= 0.3 is 11.9 Å². The van der Waals surface area contributed by atoms with Crippen LogP contribution in [0.1, 0.15) is 150 Å². The summed E-state index contributed by atoms with van der Waals surface area (Å²) < 4.78 is 32.0. The number of nitrogens with two attached hydrogens (primary N) is 1. The molecular formula is C77H123N18O26S4-. The summed E-state index contributed by atoms with van der Waals surface area (Å²) in [7, 11) is 3.24. The first-order valence-corrected chi connectivity index (χ1v) is 42.0. The Kier molecular flexibility index (Phi) is 78.3. The Morgan fingerprint density at radius 2 is 0.760 bits per heavy atom. The second-order valence-electron chi connectivity index (χ2n) is 24.5. The first kappa shape index (κ1) is 126. The number of nitrogens with zero attached hydrogens (tertiary/aromatic N) is 3. The number of benzene rings is 3. The van der Waals surface area contributed by atoms with E-state index in [1.165, 1.54) is 112 Å². The first-order chi connectivity index (χ1) is 58.2. The van der Waals surface area contributed by atoms with Gasteiger partial charge in [0, 0.05) is 155 Å². The van der Waals surface area contributed by atoms with Gasteiger partial charge in [-0.2, -0.15) is 12.6 Å². The fraction of sp³-hybridized carbons (Fsp3) is 0.468. The molecule has 0 saturated carbocycles. The molecule has 0 aliphatic carbocycles. The molecule has 48 heteroatoms. The van der Waals surface area contributed by atoms with Gasteiger partial charge in [-0.05, 0) is 57.7 Å². The minimum absolute atomic E-state index is 0.00463. The van der Waals surface area contributed by atoms with Crippen molar-refractivity contribution in [3.8, 4) is 0 Å². The maximum Gasteiger partial charge on any atom is 0.352 e. The molecule has 3 aromatic rings. The number of aryl methyl sites for hydroxylation is 3. The Balaban J connectivity index is -0.000000246. The molecule has 16 N–H and O–H groups in total. The van der Waals surface area contributed by atoms with Crippen LogP contribution in [0.25, 0.3) is 0 Å². The summed E-state index contributed by atoms with van der Waals surface area (Å²) in [5, 5.41) is 33.2. The topological polar surface area (TPSA) is 638 Å². The lowest BCUT2D eigenvalue weighted by Crippen LogP contribution is -2.40. The molecule has 2 fully saturated rings. The third-order valence-corrected chi connectivity index (χ3v) is 15.7. The predicted octanol–water partition coefficient (Wildman–Crippen LogP) is -1.03.